The molecule has 2 aliphatic rings. The van der Waals surface area contributed by atoms with E-state index in [4.69, 9.17) is 14.2 Å². The summed E-state index contributed by atoms with van der Waals surface area (Å²) in [4.78, 5) is 35.1. The molecule has 1 saturated heterocycles. The second-order valence-corrected chi connectivity index (χ2v) is 8.65. The average molecular weight is 454 g/mol. The summed E-state index contributed by atoms with van der Waals surface area (Å²) in [6.07, 6.45) is 7.93. The van der Waals surface area contributed by atoms with Crippen LogP contribution in [0.25, 0.3) is 0 Å². The molecule has 1 aliphatic carbocycles. The van der Waals surface area contributed by atoms with Gasteiger partial charge in [0.05, 0.1) is 37.7 Å². The molecule has 1 saturated carbocycles. The number of pyridine rings is 2. The molecule has 1 amide bonds. The van der Waals surface area contributed by atoms with Crippen molar-refractivity contribution in [2.45, 2.75) is 51.6 Å². The summed E-state index contributed by atoms with van der Waals surface area (Å²) in [6.45, 7) is 3.25. The number of aromatic nitrogens is 2. The Hall–Kier alpha value is -3.16. The van der Waals surface area contributed by atoms with Crippen LogP contribution in [-0.4, -0.2) is 48.2 Å². The summed E-state index contributed by atoms with van der Waals surface area (Å²) in [5, 5.41) is 0. The second-order valence-electron chi connectivity index (χ2n) is 8.65. The van der Waals surface area contributed by atoms with E-state index in [9.17, 15) is 9.59 Å². The Bertz CT molecular complexity index is 944. The van der Waals surface area contributed by atoms with Crippen molar-refractivity contribution >= 4 is 17.6 Å². The van der Waals surface area contributed by atoms with Crippen LogP contribution in [-0.2, 0) is 20.7 Å². The molecule has 8 heteroatoms. The number of esters is 1. The Labute approximate surface area is 194 Å². The van der Waals surface area contributed by atoms with Gasteiger partial charge in [-0.3, -0.25) is 14.6 Å². The number of rotatable bonds is 11. The van der Waals surface area contributed by atoms with Crippen molar-refractivity contribution in [3.63, 3.8) is 0 Å². The molecule has 2 aromatic rings. The number of methoxy groups -OCH3 is 1. The van der Waals surface area contributed by atoms with Crippen molar-refractivity contribution in [3.05, 3.63) is 42.4 Å². The zero-order valence-corrected chi connectivity index (χ0v) is 19.2. The zero-order valence-electron chi connectivity index (χ0n) is 19.2. The fourth-order valence-electron chi connectivity index (χ4n) is 3.90. The Kier molecular flexibility index (Phi) is 7.42. The van der Waals surface area contributed by atoms with Crippen molar-refractivity contribution in [1.29, 1.82) is 0 Å². The summed E-state index contributed by atoms with van der Waals surface area (Å²) < 4.78 is 16.4. The predicted molar refractivity (Wildman–Crippen MR) is 122 cm³/mol. The molecule has 1 aliphatic heterocycles. The van der Waals surface area contributed by atoms with E-state index in [0.29, 0.717) is 50.0 Å². The molecule has 1 unspecified atom stereocenters. The Balaban J connectivity index is 1.28. The number of aryl methyl sites for hydroxylation is 1. The normalized spacial score (nSPS) is 18.8. The lowest BCUT2D eigenvalue weighted by Gasteiger charge is -2.17. The van der Waals surface area contributed by atoms with E-state index in [1.54, 1.807) is 29.4 Å². The van der Waals surface area contributed by atoms with Crippen LogP contribution in [0.15, 0.2) is 36.7 Å². The van der Waals surface area contributed by atoms with Crippen LogP contribution in [0.1, 0.15) is 44.7 Å². The van der Waals surface area contributed by atoms with Crippen LogP contribution in [0.3, 0.4) is 0 Å². The Morgan fingerprint density at radius 3 is 2.64 bits per heavy atom. The molecule has 3 heterocycles. The van der Waals surface area contributed by atoms with Gasteiger partial charge in [0.25, 0.3) is 5.91 Å². The van der Waals surface area contributed by atoms with E-state index < -0.39 is 6.10 Å². The highest BCUT2D eigenvalue weighted by Gasteiger charge is 2.34. The van der Waals surface area contributed by atoms with E-state index in [2.05, 4.69) is 9.97 Å². The lowest BCUT2D eigenvalue weighted by Crippen LogP contribution is -2.32. The number of hydrogen-bond donors (Lipinski definition) is 0. The number of anilines is 1. The first-order valence-corrected chi connectivity index (χ1v) is 11.7. The first-order valence-electron chi connectivity index (χ1n) is 11.7. The minimum absolute atomic E-state index is 0.0876. The second kappa shape index (κ2) is 10.6. The molecule has 0 radical (unpaired) electrons. The largest absolute Gasteiger partial charge is 0.479 e. The predicted octanol–water partition coefficient (Wildman–Crippen LogP) is 3.58. The van der Waals surface area contributed by atoms with Gasteiger partial charge in [0.1, 0.15) is 5.75 Å². The number of amides is 1. The molecule has 2 fully saturated rings. The third-order valence-electron chi connectivity index (χ3n) is 6.20. The molecule has 176 valence electrons. The van der Waals surface area contributed by atoms with Crippen LogP contribution in [0, 0.1) is 11.8 Å². The quantitative estimate of drug-likeness (QED) is 0.480. The van der Waals surface area contributed by atoms with E-state index in [0.717, 1.165) is 17.8 Å². The van der Waals surface area contributed by atoms with Gasteiger partial charge in [0.2, 0.25) is 5.88 Å². The van der Waals surface area contributed by atoms with Crippen LogP contribution < -0.4 is 14.4 Å². The minimum Gasteiger partial charge on any atom is -0.479 e. The molecular formula is C25H31N3O5. The van der Waals surface area contributed by atoms with E-state index in [-0.39, 0.29) is 17.8 Å². The maximum absolute atomic E-state index is 12.9. The Morgan fingerprint density at radius 1 is 1.15 bits per heavy atom. The third kappa shape index (κ3) is 6.00. The summed E-state index contributed by atoms with van der Waals surface area (Å²) in [5.41, 5.74) is 1.63. The molecule has 0 spiro atoms. The molecule has 2 aromatic heterocycles. The number of hydrogen-bond acceptors (Lipinski definition) is 7. The Morgan fingerprint density at radius 2 is 2.00 bits per heavy atom. The lowest BCUT2D eigenvalue weighted by atomic mass is 9.99. The van der Waals surface area contributed by atoms with E-state index in [1.807, 2.05) is 19.1 Å². The van der Waals surface area contributed by atoms with Gasteiger partial charge in [-0.1, -0.05) is 6.92 Å². The van der Waals surface area contributed by atoms with Crippen molar-refractivity contribution < 1.29 is 23.8 Å². The van der Waals surface area contributed by atoms with E-state index in [1.165, 1.54) is 20.0 Å². The van der Waals surface area contributed by atoms with Crippen molar-refractivity contribution in [2.24, 2.45) is 11.8 Å². The molecule has 0 N–H and O–H groups in total. The summed E-state index contributed by atoms with van der Waals surface area (Å²) >= 11 is 0. The molecule has 0 bridgehead atoms. The molecule has 4 rings (SSSR count). The molecular weight excluding hydrogens is 422 g/mol. The average Bonchev–Trinajstić information content (AvgIpc) is 3.61. The van der Waals surface area contributed by atoms with Gasteiger partial charge in [0.15, 0.2) is 6.10 Å². The minimum atomic E-state index is -0.546. The fourth-order valence-corrected chi connectivity index (χ4v) is 3.90. The molecule has 33 heavy (non-hydrogen) atoms. The fraction of sp³-hybridized carbons (Fsp3) is 0.520. The maximum atomic E-state index is 12.9. The first kappa shape index (κ1) is 23.0. The van der Waals surface area contributed by atoms with Gasteiger partial charge in [-0.15, -0.1) is 0 Å². The van der Waals surface area contributed by atoms with Crippen LogP contribution in [0.2, 0.25) is 0 Å². The van der Waals surface area contributed by atoms with Gasteiger partial charge in [-0.05, 0) is 56.2 Å². The highest BCUT2D eigenvalue weighted by Crippen LogP contribution is 2.30. The first-order chi connectivity index (χ1) is 16.1. The summed E-state index contributed by atoms with van der Waals surface area (Å²) in [5.74, 6) is 1.41. The van der Waals surface area contributed by atoms with Crippen molar-refractivity contribution in [2.75, 3.05) is 25.2 Å². The third-order valence-corrected chi connectivity index (χ3v) is 6.20. The molecule has 2 atom stereocenters. The maximum Gasteiger partial charge on any atom is 0.308 e. The number of ether oxygens (including phenoxy) is 3. The lowest BCUT2D eigenvalue weighted by molar-refractivity contribution is -0.145. The monoisotopic (exact) mass is 453 g/mol. The topological polar surface area (TPSA) is 90.9 Å². The zero-order chi connectivity index (χ0) is 23.2. The van der Waals surface area contributed by atoms with Gasteiger partial charge in [-0.2, -0.15) is 0 Å². The number of nitrogens with zero attached hydrogens (tertiary/aromatic N) is 3. The highest BCUT2D eigenvalue weighted by atomic mass is 16.5. The molecule has 0 aromatic carbocycles. The number of carbonyl (C=O) groups excluding carboxylic acids is 2. The summed E-state index contributed by atoms with van der Waals surface area (Å²) in [7, 11) is 1.41. The van der Waals surface area contributed by atoms with Crippen LogP contribution in [0.4, 0.5) is 5.69 Å². The van der Waals surface area contributed by atoms with E-state index >= 15 is 0 Å². The smallest absolute Gasteiger partial charge is 0.308 e. The highest BCUT2D eigenvalue weighted by molar-refractivity contribution is 5.98. The van der Waals surface area contributed by atoms with Crippen LogP contribution in [0.5, 0.6) is 11.6 Å². The number of carbonyl (C=O) groups is 2. The van der Waals surface area contributed by atoms with Gasteiger partial charge >= 0.3 is 5.97 Å². The van der Waals surface area contributed by atoms with Crippen LogP contribution >= 0.6 is 0 Å². The standard InChI is InChI=1S/C25H31N3O5/c1-3-18(25(30)31-2)6-7-19-8-9-20(14-26-19)28-13-12-22(24(28)29)33-21-10-11-23(27-15-21)32-16-17-4-5-17/h8-11,14-15,17-18,22H,3-7,12-13,16H2,1-2H3/t18?,22-/m1/s1. The van der Waals surface area contributed by atoms with Gasteiger partial charge in [0, 0.05) is 24.7 Å². The van der Waals surface area contributed by atoms with Crippen molar-refractivity contribution in [1.82, 2.24) is 9.97 Å². The summed E-state index contributed by atoms with van der Waals surface area (Å²) in [6, 6.07) is 7.38. The molecule has 8 nitrogen and oxygen atoms in total. The van der Waals surface area contributed by atoms with Gasteiger partial charge in [-0.25, -0.2) is 4.98 Å². The van der Waals surface area contributed by atoms with Crippen molar-refractivity contribution in [3.8, 4) is 11.6 Å². The SMILES string of the molecule is CCC(CCc1ccc(N2CC[C@@H](Oc3ccc(OCC4CC4)nc3)C2=O)cn1)C(=O)OC. The van der Waals surface area contributed by atoms with Gasteiger partial charge < -0.3 is 19.1 Å².